The van der Waals surface area contributed by atoms with Crippen molar-refractivity contribution < 1.29 is 24.2 Å². The first kappa shape index (κ1) is 42.7. The molecule has 6 aromatic rings. The smallest absolute Gasteiger partial charge is 0.278 e. The molecule has 0 saturated carbocycles. The predicted molar refractivity (Wildman–Crippen MR) is 247 cm³/mol. The van der Waals surface area contributed by atoms with E-state index in [1.807, 2.05) is 90.7 Å². The lowest BCUT2D eigenvalue weighted by Crippen LogP contribution is -2.62. The summed E-state index contributed by atoms with van der Waals surface area (Å²) in [6.45, 7) is 5.31. The summed E-state index contributed by atoms with van der Waals surface area (Å²) in [6, 6.07) is 31.9. The lowest BCUT2D eigenvalue weighted by molar-refractivity contribution is 0.0656. The van der Waals surface area contributed by atoms with Gasteiger partial charge in [0.15, 0.2) is 17.1 Å². The number of ether oxygens (including phenoxy) is 2. The minimum atomic E-state index is -0.838. The fourth-order valence-electron chi connectivity index (χ4n) is 9.19. The number of amides is 2. The van der Waals surface area contributed by atoms with Crippen molar-refractivity contribution in [1.82, 2.24) is 24.1 Å². The van der Waals surface area contributed by atoms with Gasteiger partial charge in [-0.05, 0) is 91.3 Å². The van der Waals surface area contributed by atoms with Crippen molar-refractivity contribution in [1.29, 1.82) is 0 Å². The van der Waals surface area contributed by atoms with Crippen LogP contribution in [0.4, 0.5) is 0 Å². The Morgan fingerprint density at radius 2 is 1.68 bits per heavy atom. The molecule has 65 heavy (non-hydrogen) atoms. The van der Waals surface area contributed by atoms with Gasteiger partial charge in [-0.1, -0.05) is 80.1 Å². The Kier molecular flexibility index (Phi) is 12.0. The van der Waals surface area contributed by atoms with Gasteiger partial charge >= 0.3 is 0 Å². The van der Waals surface area contributed by atoms with Gasteiger partial charge in [-0.2, -0.15) is 0 Å². The molecule has 14 nitrogen and oxygen atoms in total. The number of nitrogens with zero attached hydrogens (tertiary/aromatic N) is 6. The number of aromatic hydroxyl groups is 1. The number of aryl methyl sites for hydroxylation is 1. The number of nitrogens with one attached hydrogen (secondary N) is 1. The van der Waals surface area contributed by atoms with Crippen LogP contribution < -0.4 is 30.8 Å². The van der Waals surface area contributed by atoms with E-state index in [0.29, 0.717) is 30.9 Å². The SMILES string of the molecule is CC[C@@H](/C=C/COc1ccccc1Cc1cccc(Oc2c3n(ccc2=O)N2CN(CCCCCc4ccccc4[C@@]2(C)c2ccccn2)C3=O)c1)N1CNn2ccc(=O)c(O)c2C1=O. The van der Waals surface area contributed by atoms with E-state index in [9.17, 15) is 24.3 Å². The second kappa shape index (κ2) is 18.2. The second-order valence-corrected chi connectivity index (χ2v) is 16.7. The molecule has 2 amide bonds. The highest BCUT2D eigenvalue weighted by molar-refractivity contribution is 5.97. The number of carbonyl (C=O) groups excluding carboxylic acids is 2. The van der Waals surface area contributed by atoms with Crippen LogP contribution in [0.2, 0.25) is 0 Å². The van der Waals surface area contributed by atoms with Gasteiger partial charge in [-0.15, -0.1) is 0 Å². The van der Waals surface area contributed by atoms with Crippen molar-refractivity contribution in [2.75, 3.05) is 36.9 Å². The van der Waals surface area contributed by atoms with Crippen LogP contribution in [0.5, 0.6) is 23.0 Å². The van der Waals surface area contributed by atoms with Gasteiger partial charge in [0.2, 0.25) is 16.6 Å². The van der Waals surface area contributed by atoms with E-state index in [1.165, 1.54) is 28.6 Å². The van der Waals surface area contributed by atoms with E-state index in [0.717, 1.165) is 48.1 Å². The van der Waals surface area contributed by atoms with E-state index >= 15 is 0 Å². The summed E-state index contributed by atoms with van der Waals surface area (Å²) < 4.78 is 15.9. The predicted octanol–water partition coefficient (Wildman–Crippen LogP) is 6.91. The fourth-order valence-corrected chi connectivity index (χ4v) is 9.19. The molecule has 3 aliphatic heterocycles. The first-order valence-electron chi connectivity index (χ1n) is 22.1. The van der Waals surface area contributed by atoms with Gasteiger partial charge in [0.05, 0.1) is 11.7 Å². The number of benzene rings is 3. The van der Waals surface area contributed by atoms with Crippen LogP contribution in [-0.4, -0.2) is 73.6 Å². The molecule has 0 aliphatic carbocycles. The number of para-hydroxylation sites is 1. The molecular formula is C51H51N7O7. The molecule has 14 heteroatoms. The standard InChI is InChI=1S/C51H51N7O7/c1-3-38(55-33-53-56-28-24-41(59)47(61)45(56)50(55)63)19-14-30-64-43-22-9-7-18-37(43)31-35-15-13-20-39(32-35)65-48-42(60)25-29-57-46(48)49(62)54-27-12-4-5-16-36-17-6-8-21-40(36)51(2,58(57)34-54)44-23-10-11-26-52-44/h6-11,13-15,17-26,28-29,32,38,53,61H,3-5,12,16,27,30-31,33-34H2,1-2H3/b19-14+/t38-,51-/m0/s1. The zero-order valence-corrected chi connectivity index (χ0v) is 36.4. The maximum absolute atomic E-state index is 14.6. The van der Waals surface area contributed by atoms with Gasteiger partial charge in [0, 0.05) is 43.7 Å². The molecule has 0 spiro atoms. The number of hydrogen-bond acceptors (Lipinski definition) is 10. The van der Waals surface area contributed by atoms with E-state index < -0.39 is 28.1 Å². The number of aromatic nitrogens is 3. The van der Waals surface area contributed by atoms with Crippen LogP contribution in [0.25, 0.3) is 0 Å². The molecule has 332 valence electrons. The van der Waals surface area contributed by atoms with Crippen molar-refractivity contribution >= 4 is 11.8 Å². The van der Waals surface area contributed by atoms with Gasteiger partial charge in [-0.25, -0.2) is 0 Å². The third-order valence-corrected chi connectivity index (χ3v) is 12.6. The van der Waals surface area contributed by atoms with Crippen LogP contribution in [0.3, 0.4) is 0 Å². The van der Waals surface area contributed by atoms with Crippen LogP contribution >= 0.6 is 0 Å². The number of pyridine rings is 3. The minimum absolute atomic E-state index is 0.0475. The first-order chi connectivity index (χ1) is 31.6. The van der Waals surface area contributed by atoms with Gasteiger partial charge in [0.25, 0.3) is 11.8 Å². The Hall–Kier alpha value is -7.61. The monoisotopic (exact) mass is 873 g/mol. The Morgan fingerprint density at radius 1 is 0.862 bits per heavy atom. The van der Waals surface area contributed by atoms with Gasteiger partial charge < -0.3 is 29.8 Å². The molecule has 0 radical (unpaired) electrons. The Labute approximate surface area is 376 Å². The van der Waals surface area contributed by atoms with Crippen molar-refractivity contribution in [3.63, 3.8) is 0 Å². The van der Waals surface area contributed by atoms with Gasteiger partial charge in [0.1, 0.15) is 37.0 Å². The maximum Gasteiger partial charge on any atom is 0.278 e. The molecule has 0 unspecified atom stereocenters. The quantitative estimate of drug-likeness (QED) is 0.132. The van der Waals surface area contributed by atoms with Crippen LogP contribution in [0.1, 0.15) is 88.5 Å². The molecule has 3 aliphatic rings. The summed E-state index contributed by atoms with van der Waals surface area (Å²) in [7, 11) is 0. The summed E-state index contributed by atoms with van der Waals surface area (Å²) in [5.41, 5.74) is 6.18. The topological polar surface area (TPSA) is 151 Å². The van der Waals surface area contributed by atoms with Crippen molar-refractivity contribution in [2.45, 2.75) is 64.0 Å². The first-order valence-corrected chi connectivity index (χ1v) is 22.1. The minimum Gasteiger partial charge on any atom is -0.502 e. The summed E-state index contributed by atoms with van der Waals surface area (Å²) in [5.74, 6) is -0.267. The van der Waals surface area contributed by atoms with E-state index in [2.05, 4.69) is 35.6 Å². The summed E-state index contributed by atoms with van der Waals surface area (Å²) in [6.07, 6.45) is 13.4. The lowest BCUT2D eigenvalue weighted by atomic mass is 9.82. The van der Waals surface area contributed by atoms with E-state index in [1.54, 1.807) is 28.0 Å². The molecule has 6 heterocycles. The molecule has 2 bridgehead atoms. The van der Waals surface area contributed by atoms with Crippen LogP contribution in [0, 0.1) is 0 Å². The third-order valence-electron chi connectivity index (χ3n) is 12.6. The van der Waals surface area contributed by atoms with Gasteiger partial charge in [-0.3, -0.25) is 38.5 Å². The molecule has 0 saturated heterocycles. The Bertz CT molecular complexity index is 2900. The normalized spacial score (nSPS) is 17.7. The third kappa shape index (κ3) is 8.23. The molecule has 9 rings (SSSR count). The molecule has 3 aromatic heterocycles. The molecular weight excluding hydrogens is 823 g/mol. The highest BCUT2D eigenvalue weighted by atomic mass is 16.5. The molecule has 2 atom stereocenters. The fraction of sp³-hybridized carbons (Fsp3) is 0.275. The Balaban J connectivity index is 0.967. The summed E-state index contributed by atoms with van der Waals surface area (Å²) in [4.78, 5) is 62.2. The van der Waals surface area contributed by atoms with Crippen molar-refractivity contribution in [2.24, 2.45) is 0 Å². The molecule has 3 aromatic carbocycles. The second-order valence-electron chi connectivity index (χ2n) is 16.7. The molecule has 0 fully saturated rings. The van der Waals surface area contributed by atoms with E-state index in [4.69, 9.17) is 14.5 Å². The number of rotatable bonds is 11. The largest absolute Gasteiger partial charge is 0.502 e. The van der Waals surface area contributed by atoms with Crippen LogP contribution in [-0.2, 0) is 18.4 Å². The zero-order valence-electron chi connectivity index (χ0n) is 36.4. The lowest BCUT2D eigenvalue weighted by Gasteiger charge is -2.49. The average Bonchev–Trinajstić information content (AvgIpc) is 3.35. The molecule has 2 N–H and O–H groups in total. The number of carbonyl (C=O) groups is 2. The van der Waals surface area contributed by atoms with Crippen LogP contribution in [0.15, 0.2) is 143 Å². The number of fused-ring (bicyclic) bond motifs is 6. The maximum atomic E-state index is 14.6. The highest BCUT2D eigenvalue weighted by Gasteiger charge is 2.45. The number of hydrogen-bond donors (Lipinski definition) is 2. The van der Waals surface area contributed by atoms with E-state index in [-0.39, 0.29) is 49.0 Å². The summed E-state index contributed by atoms with van der Waals surface area (Å²) in [5, 5.41) is 12.5. The zero-order chi connectivity index (χ0) is 45.1. The van der Waals surface area contributed by atoms with Crippen molar-refractivity contribution in [3.05, 3.63) is 194 Å². The summed E-state index contributed by atoms with van der Waals surface area (Å²) >= 11 is 0. The Morgan fingerprint density at radius 3 is 2.52 bits per heavy atom. The average molecular weight is 874 g/mol. The highest BCUT2D eigenvalue weighted by Crippen LogP contribution is 2.40. The van der Waals surface area contributed by atoms with Crippen molar-refractivity contribution in [3.8, 4) is 23.0 Å².